The molecule has 0 aliphatic carbocycles. The summed E-state index contributed by atoms with van der Waals surface area (Å²) < 4.78 is 5.40. The van der Waals surface area contributed by atoms with Crippen LogP contribution in [0.1, 0.15) is 71.1 Å². The Kier molecular flexibility index (Phi) is 15.0. The van der Waals surface area contributed by atoms with Crippen LogP contribution in [0, 0.1) is 0 Å². The molecule has 0 spiro atoms. The first kappa shape index (κ1) is 21.9. The molecule has 0 saturated carbocycles. The van der Waals surface area contributed by atoms with E-state index >= 15 is 0 Å². The second-order valence-electron chi connectivity index (χ2n) is 5.95. The minimum atomic E-state index is -0.716. The number of aliphatic carboxylic acids is 1. The van der Waals surface area contributed by atoms with Gasteiger partial charge in [-0.15, -0.1) is 0 Å². The van der Waals surface area contributed by atoms with Crippen molar-refractivity contribution in [3.8, 4) is 0 Å². The second-order valence-corrected chi connectivity index (χ2v) is 5.95. The molecule has 134 valence electrons. The van der Waals surface area contributed by atoms with Crippen molar-refractivity contribution in [2.45, 2.75) is 83.3 Å². The molecule has 0 aromatic carbocycles. The maximum absolute atomic E-state index is 10.4. The zero-order valence-electron chi connectivity index (χ0n) is 14.7. The minimum absolute atomic E-state index is 0.0800. The predicted molar refractivity (Wildman–Crippen MR) is 94.6 cm³/mol. The molecule has 0 heterocycles. The van der Waals surface area contributed by atoms with Crippen molar-refractivity contribution < 1.29 is 19.7 Å². The van der Waals surface area contributed by atoms with Gasteiger partial charge in [-0.3, -0.25) is 4.79 Å². The number of hydrogen-bond acceptors (Lipinski definition) is 3. The quantitative estimate of drug-likeness (QED) is 0.344. The first-order valence-corrected chi connectivity index (χ1v) is 8.87. The van der Waals surface area contributed by atoms with Crippen molar-refractivity contribution >= 4 is 5.97 Å². The number of methoxy groups -OCH3 is 1. The molecule has 23 heavy (non-hydrogen) atoms. The van der Waals surface area contributed by atoms with Crippen LogP contribution in [0.3, 0.4) is 0 Å². The van der Waals surface area contributed by atoms with E-state index in [2.05, 4.69) is 6.92 Å². The fourth-order valence-electron chi connectivity index (χ4n) is 2.35. The van der Waals surface area contributed by atoms with Crippen molar-refractivity contribution in [1.82, 2.24) is 0 Å². The topological polar surface area (TPSA) is 66.8 Å². The number of rotatable bonds is 15. The van der Waals surface area contributed by atoms with Crippen molar-refractivity contribution in [2.24, 2.45) is 0 Å². The molecule has 0 aromatic heterocycles. The molecular weight excluding hydrogens is 292 g/mol. The van der Waals surface area contributed by atoms with Gasteiger partial charge in [-0.05, 0) is 19.3 Å². The Morgan fingerprint density at radius 3 is 2.30 bits per heavy atom. The molecule has 0 radical (unpaired) electrons. The van der Waals surface area contributed by atoms with Crippen molar-refractivity contribution in [1.29, 1.82) is 0 Å². The summed E-state index contributed by atoms with van der Waals surface area (Å²) >= 11 is 0. The molecule has 4 heteroatoms. The zero-order valence-corrected chi connectivity index (χ0v) is 14.7. The van der Waals surface area contributed by atoms with E-state index in [0.717, 1.165) is 44.9 Å². The van der Waals surface area contributed by atoms with Crippen LogP contribution in [-0.2, 0) is 9.53 Å². The fourth-order valence-corrected chi connectivity index (χ4v) is 2.35. The monoisotopic (exact) mass is 326 g/mol. The van der Waals surface area contributed by atoms with Gasteiger partial charge in [0.25, 0.3) is 0 Å². The third kappa shape index (κ3) is 15.5. The van der Waals surface area contributed by atoms with E-state index in [1.54, 1.807) is 7.11 Å². The lowest BCUT2D eigenvalue weighted by molar-refractivity contribution is -0.137. The molecule has 0 aliphatic rings. The van der Waals surface area contributed by atoms with E-state index < -0.39 is 5.97 Å². The number of allylic oxidation sites excluding steroid dienone is 2. The SMILES string of the molecule is CCCCCC(O)/C=C/C=C/C(CCCCCCC(=O)O)OC. The summed E-state index contributed by atoms with van der Waals surface area (Å²) in [6.07, 6.45) is 16.6. The smallest absolute Gasteiger partial charge is 0.303 e. The van der Waals surface area contributed by atoms with Crippen LogP contribution >= 0.6 is 0 Å². The van der Waals surface area contributed by atoms with E-state index in [1.807, 2.05) is 24.3 Å². The highest BCUT2D eigenvalue weighted by atomic mass is 16.5. The van der Waals surface area contributed by atoms with Gasteiger partial charge < -0.3 is 14.9 Å². The van der Waals surface area contributed by atoms with Crippen LogP contribution in [0.2, 0.25) is 0 Å². The van der Waals surface area contributed by atoms with Gasteiger partial charge in [-0.25, -0.2) is 0 Å². The highest BCUT2D eigenvalue weighted by Crippen LogP contribution is 2.10. The first-order chi connectivity index (χ1) is 11.1. The molecule has 2 unspecified atom stereocenters. The van der Waals surface area contributed by atoms with Gasteiger partial charge in [0.05, 0.1) is 12.2 Å². The van der Waals surface area contributed by atoms with Crippen LogP contribution in [0.15, 0.2) is 24.3 Å². The van der Waals surface area contributed by atoms with E-state index in [4.69, 9.17) is 9.84 Å². The second kappa shape index (κ2) is 15.8. The Morgan fingerprint density at radius 1 is 1.00 bits per heavy atom. The molecule has 2 N–H and O–H groups in total. The first-order valence-electron chi connectivity index (χ1n) is 8.87. The minimum Gasteiger partial charge on any atom is -0.481 e. The lowest BCUT2D eigenvalue weighted by Gasteiger charge is -2.10. The Labute approximate surface area is 141 Å². The van der Waals surface area contributed by atoms with Crippen LogP contribution in [0.25, 0.3) is 0 Å². The van der Waals surface area contributed by atoms with Gasteiger partial charge in [-0.1, -0.05) is 69.8 Å². The number of aliphatic hydroxyl groups is 1. The summed E-state index contributed by atoms with van der Waals surface area (Å²) in [5, 5.41) is 18.3. The molecule has 0 aliphatic heterocycles. The number of carboxylic acids is 1. The summed E-state index contributed by atoms with van der Waals surface area (Å²) in [7, 11) is 1.70. The summed E-state index contributed by atoms with van der Waals surface area (Å²) in [6.45, 7) is 2.15. The molecule has 4 nitrogen and oxygen atoms in total. The van der Waals surface area contributed by atoms with E-state index in [1.165, 1.54) is 12.8 Å². The number of unbranched alkanes of at least 4 members (excludes halogenated alkanes) is 5. The van der Waals surface area contributed by atoms with Crippen molar-refractivity contribution in [3.63, 3.8) is 0 Å². The van der Waals surface area contributed by atoms with Gasteiger partial charge in [0, 0.05) is 13.5 Å². The van der Waals surface area contributed by atoms with E-state index in [0.29, 0.717) is 0 Å². The number of hydrogen-bond donors (Lipinski definition) is 2. The molecule has 0 aromatic rings. The molecule has 0 fully saturated rings. The average Bonchev–Trinajstić information content (AvgIpc) is 2.52. The number of aliphatic hydroxyl groups excluding tert-OH is 1. The van der Waals surface area contributed by atoms with Gasteiger partial charge in [0.1, 0.15) is 0 Å². The molecule has 0 bridgehead atoms. The van der Waals surface area contributed by atoms with E-state index in [9.17, 15) is 9.90 Å². The van der Waals surface area contributed by atoms with Gasteiger partial charge >= 0.3 is 5.97 Å². The van der Waals surface area contributed by atoms with Crippen LogP contribution in [0.5, 0.6) is 0 Å². The van der Waals surface area contributed by atoms with Gasteiger partial charge in [0.15, 0.2) is 0 Å². The van der Waals surface area contributed by atoms with Gasteiger partial charge in [-0.2, -0.15) is 0 Å². The number of ether oxygens (including phenoxy) is 1. The Morgan fingerprint density at radius 2 is 1.65 bits per heavy atom. The predicted octanol–water partition coefficient (Wildman–Crippen LogP) is 4.48. The van der Waals surface area contributed by atoms with Crippen molar-refractivity contribution in [2.75, 3.05) is 7.11 Å². The molecule has 0 amide bonds. The average molecular weight is 326 g/mol. The third-order valence-electron chi connectivity index (χ3n) is 3.81. The Balaban J connectivity index is 3.79. The summed E-state index contributed by atoms with van der Waals surface area (Å²) in [6, 6.07) is 0. The van der Waals surface area contributed by atoms with Crippen LogP contribution in [-0.4, -0.2) is 35.5 Å². The molecule has 0 rings (SSSR count). The normalized spacial score (nSPS) is 14.6. The fraction of sp³-hybridized carbons (Fsp3) is 0.737. The van der Waals surface area contributed by atoms with Crippen molar-refractivity contribution in [3.05, 3.63) is 24.3 Å². The Hall–Kier alpha value is -1.13. The third-order valence-corrected chi connectivity index (χ3v) is 3.81. The lowest BCUT2D eigenvalue weighted by atomic mass is 10.1. The molecule has 2 atom stereocenters. The summed E-state index contributed by atoms with van der Waals surface area (Å²) in [5.74, 6) is -0.716. The number of carbonyl (C=O) groups is 1. The lowest BCUT2D eigenvalue weighted by Crippen LogP contribution is -2.06. The molecule has 0 saturated heterocycles. The van der Waals surface area contributed by atoms with Gasteiger partial charge in [0.2, 0.25) is 0 Å². The highest BCUT2D eigenvalue weighted by molar-refractivity contribution is 5.66. The summed E-state index contributed by atoms with van der Waals surface area (Å²) in [4.78, 5) is 10.4. The standard InChI is InChI=1S/C19H34O4/c1-3-4-7-12-17(20)13-10-11-15-18(23-2)14-8-5-6-9-16-19(21)22/h10-11,13,15,17-18,20H,3-9,12,14,16H2,1-2H3,(H,21,22)/b13-10+,15-11+. The maximum atomic E-state index is 10.4. The number of carboxylic acid groups (broad SMARTS) is 1. The maximum Gasteiger partial charge on any atom is 0.303 e. The Bertz CT molecular complexity index is 336. The largest absolute Gasteiger partial charge is 0.481 e. The van der Waals surface area contributed by atoms with Crippen LogP contribution < -0.4 is 0 Å². The summed E-state index contributed by atoms with van der Waals surface area (Å²) in [5.41, 5.74) is 0. The zero-order chi connectivity index (χ0) is 17.3. The van der Waals surface area contributed by atoms with Crippen LogP contribution in [0.4, 0.5) is 0 Å². The molecular formula is C19H34O4. The highest BCUT2D eigenvalue weighted by Gasteiger charge is 2.03. The van der Waals surface area contributed by atoms with E-state index in [-0.39, 0.29) is 18.6 Å².